The third-order valence-electron chi connectivity index (χ3n) is 4.09. The van der Waals surface area contributed by atoms with Gasteiger partial charge >= 0.3 is 0 Å². The van der Waals surface area contributed by atoms with Crippen LogP contribution >= 0.6 is 0 Å². The number of rotatable bonds is 3. The second kappa shape index (κ2) is 5.79. The maximum atomic E-state index is 9.26. The summed E-state index contributed by atoms with van der Waals surface area (Å²) in [6, 6.07) is 15.7. The Balaban J connectivity index is 2.01. The number of aliphatic hydroxyl groups excluding tert-OH is 1. The van der Waals surface area contributed by atoms with Crippen LogP contribution < -0.4 is 5.73 Å². The van der Waals surface area contributed by atoms with Crippen LogP contribution in [-0.2, 0) is 6.61 Å². The molecular formula is C19H16N4O. The maximum absolute atomic E-state index is 9.26. The number of nitrogen functional groups attached to an aromatic ring is 1. The summed E-state index contributed by atoms with van der Waals surface area (Å²) in [5.41, 5.74) is 10.8. The van der Waals surface area contributed by atoms with Gasteiger partial charge in [-0.25, -0.2) is 4.98 Å². The number of hydrogen-bond donors (Lipinski definition) is 2. The molecule has 0 radical (unpaired) electrons. The zero-order chi connectivity index (χ0) is 16.5. The molecule has 0 aliphatic rings. The summed E-state index contributed by atoms with van der Waals surface area (Å²) in [6.07, 6.45) is 5.30. The fourth-order valence-corrected chi connectivity index (χ4v) is 2.92. The lowest BCUT2D eigenvalue weighted by molar-refractivity contribution is 0.282. The smallest absolute Gasteiger partial charge is 0.132 e. The van der Waals surface area contributed by atoms with Gasteiger partial charge < -0.3 is 15.4 Å². The van der Waals surface area contributed by atoms with Crippen LogP contribution in [0.15, 0.2) is 67.1 Å². The van der Waals surface area contributed by atoms with E-state index >= 15 is 0 Å². The molecule has 5 heteroatoms. The lowest BCUT2D eigenvalue weighted by Gasteiger charge is -2.12. The predicted octanol–water partition coefficient (Wildman–Crippen LogP) is 3.16. The van der Waals surface area contributed by atoms with E-state index in [0.717, 1.165) is 33.4 Å². The van der Waals surface area contributed by atoms with Crippen molar-refractivity contribution >= 4 is 16.7 Å². The molecule has 0 fully saturated rings. The standard InChI is InChI=1S/C19H16N4O/c20-19-16(2-1-8-22-19)18-10-14-11-21-9-7-17(14)23(18)15-5-3-13(12-24)4-6-15/h1-11,24H,12H2,(H2,20,22). The minimum atomic E-state index is 0.0268. The van der Waals surface area contributed by atoms with Gasteiger partial charge in [0.1, 0.15) is 5.82 Å². The molecule has 4 aromatic rings. The molecule has 0 aliphatic carbocycles. The molecule has 3 aromatic heterocycles. The van der Waals surface area contributed by atoms with Gasteiger partial charge in [-0.2, -0.15) is 0 Å². The van der Waals surface area contributed by atoms with E-state index in [1.54, 1.807) is 12.4 Å². The molecule has 0 spiro atoms. The first-order valence-corrected chi connectivity index (χ1v) is 7.64. The predicted molar refractivity (Wildman–Crippen MR) is 94.6 cm³/mol. The van der Waals surface area contributed by atoms with E-state index in [0.29, 0.717) is 5.82 Å². The number of nitrogens with zero attached hydrogens (tertiary/aromatic N) is 3. The van der Waals surface area contributed by atoms with Crippen LogP contribution in [0.4, 0.5) is 5.82 Å². The van der Waals surface area contributed by atoms with Crippen molar-refractivity contribution in [2.75, 3.05) is 5.73 Å². The first kappa shape index (κ1) is 14.4. The maximum Gasteiger partial charge on any atom is 0.132 e. The number of hydrogen-bond acceptors (Lipinski definition) is 4. The van der Waals surface area contributed by atoms with E-state index in [-0.39, 0.29) is 6.61 Å². The van der Waals surface area contributed by atoms with E-state index in [2.05, 4.69) is 20.6 Å². The Hall–Kier alpha value is -3.18. The Morgan fingerprint density at radius 1 is 1.04 bits per heavy atom. The number of pyridine rings is 2. The minimum Gasteiger partial charge on any atom is -0.392 e. The van der Waals surface area contributed by atoms with Gasteiger partial charge in [0, 0.05) is 35.2 Å². The van der Waals surface area contributed by atoms with Gasteiger partial charge in [0.25, 0.3) is 0 Å². The van der Waals surface area contributed by atoms with Crippen molar-refractivity contribution < 1.29 is 5.11 Å². The molecule has 1 aromatic carbocycles. The molecule has 0 amide bonds. The van der Waals surface area contributed by atoms with Crippen LogP contribution in [0, 0.1) is 0 Å². The van der Waals surface area contributed by atoms with Crippen LogP contribution in [0.3, 0.4) is 0 Å². The normalized spacial score (nSPS) is 11.0. The van der Waals surface area contributed by atoms with Crippen molar-refractivity contribution in [3.05, 3.63) is 72.7 Å². The molecule has 0 atom stereocenters. The highest BCUT2D eigenvalue weighted by atomic mass is 16.3. The molecular weight excluding hydrogens is 300 g/mol. The number of aliphatic hydroxyl groups is 1. The zero-order valence-corrected chi connectivity index (χ0v) is 12.9. The summed E-state index contributed by atoms with van der Waals surface area (Å²) in [5, 5.41) is 10.3. The molecule has 24 heavy (non-hydrogen) atoms. The Kier molecular flexibility index (Phi) is 3.48. The summed E-state index contributed by atoms with van der Waals surface area (Å²) in [6.45, 7) is 0.0268. The van der Waals surface area contributed by atoms with Gasteiger partial charge in [-0.05, 0) is 42.0 Å². The molecule has 4 rings (SSSR count). The Morgan fingerprint density at radius 2 is 1.88 bits per heavy atom. The molecule has 0 unspecified atom stereocenters. The first-order valence-electron chi connectivity index (χ1n) is 7.64. The first-order chi connectivity index (χ1) is 11.8. The molecule has 118 valence electrons. The van der Waals surface area contributed by atoms with E-state index in [1.807, 2.05) is 48.7 Å². The minimum absolute atomic E-state index is 0.0268. The number of aromatic nitrogens is 3. The summed E-state index contributed by atoms with van der Waals surface area (Å²) >= 11 is 0. The average molecular weight is 316 g/mol. The summed E-state index contributed by atoms with van der Waals surface area (Å²) in [5.74, 6) is 0.487. The highest BCUT2D eigenvalue weighted by Gasteiger charge is 2.14. The van der Waals surface area contributed by atoms with Gasteiger partial charge in [-0.1, -0.05) is 12.1 Å². The molecule has 3 N–H and O–H groups in total. The largest absolute Gasteiger partial charge is 0.392 e. The number of fused-ring (bicyclic) bond motifs is 1. The van der Waals surface area contributed by atoms with Crippen molar-refractivity contribution in [2.45, 2.75) is 6.61 Å². The van der Waals surface area contributed by atoms with E-state index < -0.39 is 0 Å². The van der Waals surface area contributed by atoms with Crippen LogP contribution in [0.2, 0.25) is 0 Å². The van der Waals surface area contributed by atoms with Crippen LogP contribution in [0.1, 0.15) is 5.56 Å². The lowest BCUT2D eigenvalue weighted by atomic mass is 10.1. The SMILES string of the molecule is Nc1ncccc1-c1cc2cnccc2n1-c1ccc(CO)cc1. The highest BCUT2D eigenvalue weighted by Crippen LogP contribution is 2.33. The third-order valence-corrected chi connectivity index (χ3v) is 4.09. The van der Waals surface area contributed by atoms with E-state index in [9.17, 15) is 5.11 Å². The number of nitrogens with two attached hydrogens (primary N) is 1. The van der Waals surface area contributed by atoms with Crippen molar-refractivity contribution in [3.63, 3.8) is 0 Å². The number of anilines is 1. The molecule has 0 aliphatic heterocycles. The fourth-order valence-electron chi connectivity index (χ4n) is 2.92. The molecule has 3 heterocycles. The Bertz CT molecular complexity index is 1010. The topological polar surface area (TPSA) is 77.0 Å². The number of benzene rings is 1. The second-order valence-corrected chi connectivity index (χ2v) is 5.56. The molecule has 5 nitrogen and oxygen atoms in total. The van der Waals surface area contributed by atoms with Crippen LogP contribution in [0.25, 0.3) is 27.8 Å². The average Bonchev–Trinajstić information content (AvgIpc) is 3.01. The Labute approximate surface area is 139 Å². The van der Waals surface area contributed by atoms with Crippen LogP contribution in [0.5, 0.6) is 0 Å². The van der Waals surface area contributed by atoms with Crippen molar-refractivity contribution in [1.29, 1.82) is 0 Å². The van der Waals surface area contributed by atoms with Crippen molar-refractivity contribution in [1.82, 2.24) is 14.5 Å². The zero-order valence-electron chi connectivity index (χ0n) is 12.9. The van der Waals surface area contributed by atoms with Gasteiger partial charge in [-0.3, -0.25) is 4.98 Å². The van der Waals surface area contributed by atoms with Crippen LogP contribution in [-0.4, -0.2) is 19.6 Å². The lowest BCUT2D eigenvalue weighted by Crippen LogP contribution is -2.00. The fraction of sp³-hybridized carbons (Fsp3) is 0.0526. The van der Waals surface area contributed by atoms with Gasteiger partial charge in [0.15, 0.2) is 0 Å². The Morgan fingerprint density at radius 3 is 2.62 bits per heavy atom. The molecule has 0 saturated carbocycles. The summed E-state index contributed by atoms with van der Waals surface area (Å²) < 4.78 is 2.13. The third kappa shape index (κ3) is 2.31. The van der Waals surface area contributed by atoms with Crippen molar-refractivity contribution in [2.24, 2.45) is 0 Å². The van der Waals surface area contributed by atoms with Crippen molar-refractivity contribution in [3.8, 4) is 16.9 Å². The highest BCUT2D eigenvalue weighted by molar-refractivity contribution is 5.90. The monoisotopic (exact) mass is 316 g/mol. The molecule has 0 bridgehead atoms. The summed E-state index contributed by atoms with van der Waals surface area (Å²) in [4.78, 5) is 8.41. The molecule has 0 saturated heterocycles. The van der Waals surface area contributed by atoms with E-state index in [4.69, 9.17) is 5.73 Å². The van der Waals surface area contributed by atoms with E-state index in [1.165, 1.54) is 0 Å². The van der Waals surface area contributed by atoms with Gasteiger partial charge in [0.2, 0.25) is 0 Å². The van der Waals surface area contributed by atoms with Gasteiger partial charge in [-0.15, -0.1) is 0 Å². The second-order valence-electron chi connectivity index (χ2n) is 5.56. The summed E-state index contributed by atoms with van der Waals surface area (Å²) in [7, 11) is 0. The van der Waals surface area contributed by atoms with Gasteiger partial charge in [0.05, 0.1) is 17.8 Å². The quantitative estimate of drug-likeness (QED) is 0.608.